The minimum Gasteiger partial charge on any atom is -0.192 e. The van der Waals surface area contributed by atoms with Crippen LogP contribution in [0.3, 0.4) is 0 Å². The van der Waals surface area contributed by atoms with E-state index in [1.54, 1.807) is 12.1 Å². The number of rotatable bonds is 0. The van der Waals surface area contributed by atoms with E-state index in [1.165, 1.54) is 0 Å². The Balaban J connectivity index is 3.77. The second-order valence-corrected chi connectivity index (χ2v) is 3.74. The molecule has 1 aromatic carbocycles. The third-order valence-electron chi connectivity index (χ3n) is 1.49. The molecule has 0 spiro atoms. The van der Waals surface area contributed by atoms with Crippen molar-refractivity contribution in [2.45, 2.75) is 0 Å². The summed E-state index contributed by atoms with van der Waals surface area (Å²) >= 11 is 22.8. The van der Waals surface area contributed by atoms with E-state index in [4.69, 9.17) is 56.9 Å². The van der Waals surface area contributed by atoms with Crippen molar-refractivity contribution in [1.82, 2.24) is 0 Å². The van der Waals surface area contributed by atoms with E-state index in [9.17, 15) is 0 Å². The molecule has 0 aliphatic heterocycles. The van der Waals surface area contributed by atoms with Gasteiger partial charge in [-0.1, -0.05) is 46.4 Å². The molecule has 1 aromatic rings. The molecular formula is C8Cl4N2. The highest BCUT2D eigenvalue weighted by Gasteiger charge is 2.19. The number of hydrogen-bond donors (Lipinski definition) is 0. The molecule has 0 aromatic heterocycles. The molecule has 0 amide bonds. The monoisotopic (exact) mass is 264 g/mol. The first kappa shape index (κ1) is 11.4. The second-order valence-electron chi connectivity index (χ2n) is 2.23. The van der Waals surface area contributed by atoms with Gasteiger partial charge in [0.05, 0.1) is 31.2 Å². The van der Waals surface area contributed by atoms with Gasteiger partial charge >= 0.3 is 0 Å². The van der Waals surface area contributed by atoms with Crippen molar-refractivity contribution in [1.29, 1.82) is 10.5 Å². The Hall–Kier alpha value is -0.640. The van der Waals surface area contributed by atoms with Crippen LogP contribution in [0.15, 0.2) is 0 Å². The van der Waals surface area contributed by atoms with Gasteiger partial charge in [-0.3, -0.25) is 0 Å². The van der Waals surface area contributed by atoms with Crippen molar-refractivity contribution in [3.8, 4) is 12.1 Å². The Labute approximate surface area is 100 Å². The van der Waals surface area contributed by atoms with Gasteiger partial charge in [0.2, 0.25) is 0 Å². The molecule has 14 heavy (non-hydrogen) atoms. The van der Waals surface area contributed by atoms with Gasteiger partial charge in [-0.25, -0.2) is 0 Å². The maximum atomic E-state index is 8.69. The largest absolute Gasteiger partial charge is 0.192 e. The lowest BCUT2D eigenvalue weighted by molar-refractivity contribution is 1.45. The summed E-state index contributed by atoms with van der Waals surface area (Å²) in [6.07, 6.45) is 0. The fraction of sp³-hybridized carbons (Fsp3) is 0. The summed E-state index contributed by atoms with van der Waals surface area (Å²) in [6, 6.07) is 3.51. The van der Waals surface area contributed by atoms with Crippen molar-refractivity contribution >= 4 is 46.4 Å². The van der Waals surface area contributed by atoms with E-state index in [2.05, 4.69) is 0 Å². The van der Waals surface area contributed by atoms with Gasteiger partial charge in [-0.15, -0.1) is 0 Å². The molecule has 70 valence electrons. The maximum Gasteiger partial charge on any atom is 0.102 e. The third-order valence-corrected chi connectivity index (χ3v) is 3.19. The first-order chi connectivity index (χ1) is 6.54. The standard InChI is InChI=1S/C8Cl4N2/c9-5-3(1-13)6(10)8(12)4(2-14)7(5)11. The van der Waals surface area contributed by atoms with Gasteiger partial charge in [0.15, 0.2) is 0 Å². The SMILES string of the molecule is N#Cc1c(Cl)c(Cl)c(C#N)c(Cl)c1Cl. The summed E-state index contributed by atoms with van der Waals surface area (Å²) in [5.41, 5.74) is -0.0512. The van der Waals surface area contributed by atoms with Crippen LogP contribution < -0.4 is 0 Å². The zero-order valence-electron chi connectivity index (χ0n) is 6.41. The summed E-state index contributed by atoms with van der Waals surface area (Å²) in [4.78, 5) is 0. The molecule has 1 rings (SSSR count). The second kappa shape index (κ2) is 4.26. The van der Waals surface area contributed by atoms with Crippen LogP contribution in [0.5, 0.6) is 0 Å². The molecule has 0 saturated heterocycles. The fourth-order valence-corrected chi connectivity index (χ4v) is 1.85. The number of halogens is 4. The normalized spacial score (nSPS) is 9.29. The predicted octanol–water partition coefficient (Wildman–Crippen LogP) is 4.04. The number of nitriles is 2. The van der Waals surface area contributed by atoms with Gasteiger partial charge in [-0.2, -0.15) is 10.5 Å². The molecule has 0 bridgehead atoms. The minimum atomic E-state index is -0.0554. The number of benzene rings is 1. The lowest BCUT2D eigenvalue weighted by Gasteiger charge is -2.05. The number of nitrogens with zero attached hydrogens (tertiary/aromatic N) is 2. The summed E-state index contributed by atoms with van der Waals surface area (Å²) in [5, 5.41) is 17.2. The van der Waals surface area contributed by atoms with Crippen molar-refractivity contribution in [3.05, 3.63) is 31.2 Å². The van der Waals surface area contributed by atoms with E-state index in [-0.39, 0.29) is 31.2 Å². The maximum absolute atomic E-state index is 8.69. The van der Waals surface area contributed by atoms with Gasteiger partial charge in [0.1, 0.15) is 12.1 Å². The Kier molecular flexibility index (Phi) is 3.48. The predicted molar refractivity (Wildman–Crippen MR) is 55.9 cm³/mol. The summed E-state index contributed by atoms with van der Waals surface area (Å²) < 4.78 is 0. The average Bonchev–Trinajstić information content (AvgIpc) is 2.17. The first-order valence-corrected chi connectivity index (χ1v) is 4.72. The molecule has 0 radical (unpaired) electrons. The Morgan fingerprint density at radius 3 is 1.00 bits per heavy atom. The third kappa shape index (κ3) is 1.63. The molecule has 2 nitrogen and oxygen atoms in total. The van der Waals surface area contributed by atoms with Crippen molar-refractivity contribution < 1.29 is 0 Å². The van der Waals surface area contributed by atoms with E-state index in [1.807, 2.05) is 0 Å². The van der Waals surface area contributed by atoms with Gasteiger partial charge in [0.25, 0.3) is 0 Å². The van der Waals surface area contributed by atoms with Gasteiger partial charge < -0.3 is 0 Å². The van der Waals surface area contributed by atoms with Crippen LogP contribution in [-0.2, 0) is 0 Å². The molecule has 0 fully saturated rings. The topological polar surface area (TPSA) is 47.6 Å². The van der Waals surface area contributed by atoms with Crippen LogP contribution in [0.2, 0.25) is 20.1 Å². The first-order valence-electron chi connectivity index (χ1n) is 3.20. The Morgan fingerprint density at radius 2 is 0.857 bits per heavy atom. The summed E-state index contributed by atoms with van der Waals surface area (Å²) in [5.74, 6) is 0. The van der Waals surface area contributed by atoms with Crippen molar-refractivity contribution in [3.63, 3.8) is 0 Å². The van der Waals surface area contributed by atoms with Crippen LogP contribution in [0, 0.1) is 22.7 Å². The Bertz CT molecular complexity index is 408. The van der Waals surface area contributed by atoms with E-state index in [0.29, 0.717) is 0 Å². The Morgan fingerprint density at radius 1 is 0.643 bits per heavy atom. The van der Waals surface area contributed by atoms with E-state index >= 15 is 0 Å². The van der Waals surface area contributed by atoms with Crippen molar-refractivity contribution in [2.24, 2.45) is 0 Å². The average molecular weight is 266 g/mol. The molecule has 0 aliphatic carbocycles. The highest BCUT2D eigenvalue weighted by molar-refractivity contribution is 6.49. The lowest BCUT2D eigenvalue weighted by Crippen LogP contribution is -1.89. The van der Waals surface area contributed by atoms with Crippen LogP contribution in [0.1, 0.15) is 11.1 Å². The molecular weight excluding hydrogens is 266 g/mol. The van der Waals surface area contributed by atoms with E-state index in [0.717, 1.165) is 0 Å². The minimum absolute atomic E-state index is 0.0256. The van der Waals surface area contributed by atoms with Crippen LogP contribution >= 0.6 is 46.4 Å². The fourth-order valence-electron chi connectivity index (χ4n) is 0.828. The smallest absolute Gasteiger partial charge is 0.102 e. The van der Waals surface area contributed by atoms with Gasteiger partial charge in [0, 0.05) is 0 Å². The zero-order valence-corrected chi connectivity index (χ0v) is 9.43. The molecule has 0 heterocycles. The molecule has 0 saturated carbocycles. The molecule has 0 unspecified atom stereocenters. The molecule has 0 N–H and O–H groups in total. The zero-order chi connectivity index (χ0) is 10.9. The quantitative estimate of drug-likeness (QED) is 0.665. The lowest BCUT2D eigenvalue weighted by atomic mass is 10.1. The highest BCUT2D eigenvalue weighted by Crippen LogP contribution is 2.40. The molecule has 6 heteroatoms. The summed E-state index contributed by atoms with van der Waals surface area (Å²) in [6.45, 7) is 0. The number of hydrogen-bond acceptors (Lipinski definition) is 2. The highest BCUT2D eigenvalue weighted by atomic mass is 35.5. The molecule has 0 atom stereocenters. The van der Waals surface area contributed by atoms with E-state index < -0.39 is 0 Å². The van der Waals surface area contributed by atoms with Crippen LogP contribution in [0.4, 0.5) is 0 Å². The van der Waals surface area contributed by atoms with Crippen LogP contribution in [0.25, 0.3) is 0 Å². The van der Waals surface area contributed by atoms with Gasteiger partial charge in [-0.05, 0) is 0 Å². The van der Waals surface area contributed by atoms with Crippen molar-refractivity contribution in [2.75, 3.05) is 0 Å². The van der Waals surface area contributed by atoms with Crippen LogP contribution in [-0.4, -0.2) is 0 Å². The summed E-state index contributed by atoms with van der Waals surface area (Å²) in [7, 11) is 0. The molecule has 0 aliphatic rings.